The van der Waals surface area contributed by atoms with Crippen LogP contribution in [0.2, 0.25) is 0 Å². The number of fused-ring (bicyclic) bond motifs is 1. The Labute approximate surface area is 234 Å². The molecule has 0 spiro atoms. The highest BCUT2D eigenvalue weighted by Gasteiger charge is 2.25. The van der Waals surface area contributed by atoms with Gasteiger partial charge in [-0.2, -0.15) is 0 Å². The number of rotatable bonds is 10. The van der Waals surface area contributed by atoms with Crippen molar-refractivity contribution in [3.05, 3.63) is 119 Å². The number of nitrogens with one attached hydrogen (secondary N) is 3. The predicted octanol–water partition coefficient (Wildman–Crippen LogP) is 5.95. The highest BCUT2D eigenvalue weighted by molar-refractivity contribution is 6.47. The predicted molar refractivity (Wildman–Crippen MR) is 161 cm³/mol. The summed E-state index contributed by atoms with van der Waals surface area (Å²) in [7, 11) is 0. The SMILES string of the molecule is Cc1cc(C)nc(CNCCNc2ccc(NC(=O)C(=O)c3c(-c4ccccc4)cc4cc(C)ccn34)cc2)c1. The molecule has 0 aliphatic heterocycles. The van der Waals surface area contributed by atoms with Gasteiger partial charge in [0.2, 0.25) is 0 Å². The van der Waals surface area contributed by atoms with Crippen LogP contribution in [-0.4, -0.2) is 34.2 Å². The Balaban J connectivity index is 1.20. The second-order valence-corrected chi connectivity index (χ2v) is 10.0. The van der Waals surface area contributed by atoms with Gasteiger partial charge in [0.25, 0.3) is 11.7 Å². The van der Waals surface area contributed by atoms with Crippen molar-refractivity contribution in [2.45, 2.75) is 27.3 Å². The minimum Gasteiger partial charge on any atom is -0.384 e. The van der Waals surface area contributed by atoms with Gasteiger partial charge in [-0.15, -0.1) is 0 Å². The number of anilines is 2. The third-order valence-corrected chi connectivity index (χ3v) is 6.67. The smallest absolute Gasteiger partial charge is 0.298 e. The number of aromatic nitrogens is 2. The van der Waals surface area contributed by atoms with Gasteiger partial charge in [-0.3, -0.25) is 14.6 Å². The normalized spacial score (nSPS) is 11.0. The third kappa shape index (κ3) is 6.27. The lowest BCUT2D eigenvalue weighted by Crippen LogP contribution is -2.24. The van der Waals surface area contributed by atoms with E-state index in [0.29, 0.717) is 17.9 Å². The average molecular weight is 532 g/mol. The summed E-state index contributed by atoms with van der Waals surface area (Å²) in [6, 6.07) is 27.1. The zero-order valence-electron chi connectivity index (χ0n) is 23.0. The Morgan fingerprint density at radius 1 is 0.800 bits per heavy atom. The molecule has 3 N–H and O–H groups in total. The van der Waals surface area contributed by atoms with Gasteiger partial charge in [0.05, 0.1) is 5.69 Å². The van der Waals surface area contributed by atoms with Crippen LogP contribution in [0.3, 0.4) is 0 Å². The summed E-state index contributed by atoms with van der Waals surface area (Å²) in [5, 5.41) is 9.53. The molecule has 0 atom stereocenters. The van der Waals surface area contributed by atoms with Gasteiger partial charge in [0.15, 0.2) is 0 Å². The van der Waals surface area contributed by atoms with E-state index >= 15 is 0 Å². The second-order valence-electron chi connectivity index (χ2n) is 10.0. The highest BCUT2D eigenvalue weighted by Crippen LogP contribution is 2.29. The lowest BCUT2D eigenvalue weighted by atomic mass is 10.0. The van der Waals surface area contributed by atoms with Gasteiger partial charge in [-0.1, -0.05) is 30.3 Å². The van der Waals surface area contributed by atoms with Gasteiger partial charge >= 0.3 is 0 Å². The summed E-state index contributed by atoms with van der Waals surface area (Å²) in [5.41, 5.74) is 8.66. The summed E-state index contributed by atoms with van der Waals surface area (Å²) in [5.74, 6) is -1.27. The number of carbonyl (C=O) groups excluding carboxylic acids is 2. The first-order valence-corrected chi connectivity index (χ1v) is 13.4. The zero-order valence-corrected chi connectivity index (χ0v) is 23.0. The molecule has 2 aromatic carbocycles. The molecule has 5 aromatic rings. The van der Waals surface area contributed by atoms with Crippen molar-refractivity contribution >= 4 is 28.6 Å². The number of Topliss-reactive ketones (excluding diaryl/α,β-unsaturated/α-hetero) is 1. The number of benzene rings is 2. The highest BCUT2D eigenvalue weighted by atomic mass is 16.2. The van der Waals surface area contributed by atoms with Gasteiger partial charge < -0.3 is 20.4 Å². The first kappa shape index (κ1) is 26.8. The molecule has 0 aliphatic rings. The fraction of sp³-hybridized carbons (Fsp3) is 0.182. The fourth-order valence-electron chi connectivity index (χ4n) is 4.85. The average Bonchev–Trinajstić information content (AvgIpc) is 3.32. The van der Waals surface area contributed by atoms with Crippen LogP contribution in [0.5, 0.6) is 0 Å². The van der Waals surface area contributed by atoms with Crippen LogP contribution in [0.4, 0.5) is 11.4 Å². The molecule has 1 amide bonds. The number of hydrogen-bond donors (Lipinski definition) is 3. The summed E-state index contributed by atoms with van der Waals surface area (Å²) >= 11 is 0. The summed E-state index contributed by atoms with van der Waals surface area (Å²) in [6.45, 7) is 8.31. The molecule has 202 valence electrons. The Bertz CT molecular complexity index is 1640. The Morgan fingerprint density at radius 3 is 2.30 bits per heavy atom. The number of pyridine rings is 2. The molecule has 0 fully saturated rings. The lowest BCUT2D eigenvalue weighted by Gasteiger charge is -2.10. The molecule has 3 heterocycles. The van der Waals surface area contributed by atoms with Crippen LogP contribution in [0.1, 0.15) is 33.0 Å². The van der Waals surface area contributed by atoms with Crippen molar-refractivity contribution in [1.82, 2.24) is 14.7 Å². The van der Waals surface area contributed by atoms with E-state index in [1.165, 1.54) is 5.56 Å². The van der Waals surface area contributed by atoms with Gasteiger partial charge in [-0.25, -0.2) is 0 Å². The molecule has 7 nitrogen and oxygen atoms in total. The number of carbonyl (C=O) groups is 2. The number of hydrogen-bond acceptors (Lipinski definition) is 5. The Morgan fingerprint density at radius 2 is 1.55 bits per heavy atom. The molecule has 0 radical (unpaired) electrons. The van der Waals surface area contributed by atoms with Crippen LogP contribution in [0.15, 0.2) is 91.1 Å². The molecule has 40 heavy (non-hydrogen) atoms. The van der Waals surface area contributed by atoms with Crippen molar-refractivity contribution in [3.63, 3.8) is 0 Å². The maximum atomic E-state index is 13.5. The Kier molecular flexibility index (Phi) is 8.03. The van der Waals surface area contributed by atoms with E-state index in [0.717, 1.165) is 52.4 Å². The third-order valence-electron chi connectivity index (χ3n) is 6.67. The summed E-state index contributed by atoms with van der Waals surface area (Å²) < 4.78 is 1.79. The topological polar surface area (TPSA) is 87.5 Å². The second kappa shape index (κ2) is 12.0. The van der Waals surface area contributed by atoms with E-state index in [1.54, 1.807) is 16.5 Å². The number of aryl methyl sites for hydroxylation is 3. The van der Waals surface area contributed by atoms with Gasteiger partial charge in [0, 0.05) is 54.0 Å². The lowest BCUT2D eigenvalue weighted by molar-refractivity contribution is -0.112. The molecule has 0 saturated carbocycles. The maximum Gasteiger partial charge on any atom is 0.298 e. The summed E-state index contributed by atoms with van der Waals surface area (Å²) in [6.07, 6.45) is 1.84. The molecule has 0 saturated heterocycles. The van der Waals surface area contributed by atoms with E-state index < -0.39 is 11.7 Å². The quantitative estimate of drug-likeness (QED) is 0.118. The molecule has 0 unspecified atom stereocenters. The Hall–Kier alpha value is -4.75. The molecular weight excluding hydrogens is 498 g/mol. The van der Waals surface area contributed by atoms with Crippen LogP contribution < -0.4 is 16.0 Å². The molecule has 5 rings (SSSR count). The number of amides is 1. The van der Waals surface area contributed by atoms with E-state index in [4.69, 9.17) is 0 Å². The van der Waals surface area contributed by atoms with Crippen molar-refractivity contribution in [2.24, 2.45) is 0 Å². The monoisotopic (exact) mass is 531 g/mol. The fourth-order valence-corrected chi connectivity index (χ4v) is 4.85. The number of nitrogens with zero attached hydrogens (tertiary/aromatic N) is 2. The molecule has 0 aliphatic carbocycles. The van der Waals surface area contributed by atoms with E-state index in [1.807, 2.05) is 80.7 Å². The van der Waals surface area contributed by atoms with Crippen molar-refractivity contribution < 1.29 is 9.59 Å². The van der Waals surface area contributed by atoms with Gasteiger partial charge in [0.1, 0.15) is 5.69 Å². The van der Waals surface area contributed by atoms with Crippen LogP contribution in [-0.2, 0) is 11.3 Å². The molecule has 3 aromatic heterocycles. The minimum atomic E-state index is -0.678. The van der Waals surface area contributed by atoms with Gasteiger partial charge in [-0.05, 0) is 92.1 Å². The van der Waals surface area contributed by atoms with Crippen molar-refractivity contribution in [3.8, 4) is 11.1 Å². The molecular formula is C33H33N5O2. The van der Waals surface area contributed by atoms with Crippen molar-refractivity contribution in [2.75, 3.05) is 23.7 Å². The summed E-state index contributed by atoms with van der Waals surface area (Å²) in [4.78, 5) is 31.1. The largest absolute Gasteiger partial charge is 0.384 e. The van der Waals surface area contributed by atoms with Crippen LogP contribution in [0, 0.1) is 20.8 Å². The van der Waals surface area contributed by atoms with Crippen molar-refractivity contribution in [1.29, 1.82) is 0 Å². The zero-order chi connectivity index (χ0) is 28.1. The van der Waals surface area contributed by atoms with E-state index in [-0.39, 0.29) is 0 Å². The molecule has 0 bridgehead atoms. The van der Waals surface area contributed by atoms with E-state index in [9.17, 15) is 9.59 Å². The van der Waals surface area contributed by atoms with E-state index in [2.05, 4.69) is 40.0 Å². The van der Waals surface area contributed by atoms with Crippen LogP contribution in [0.25, 0.3) is 16.6 Å². The van der Waals surface area contributed by atoms with Crippen LogP contribution >= 0.6 is 0 Å². The minimum absolute atomic E-state index is 0.348. The molecule has 7 heteroatoms. The first-order chi connectivity index (χ1) is 19.4. The standard InChI is InChI=1S/C33H33N5O2/c1-22-13-16-38-29(19-22)20-30(25-7-5-4-6-8-25)31(38)32(39)33(40)37-27-11-9-26(10-12-27)35-15-14-34-21-28-18-23(2)17-24(3)36-28/h4-13,16-20,34-35H,14-15,21H2,1-3H3,(H,37,40). The first-order valence-electron chi connectivity index (χ1n) is 13.4. The maximum absolute atomic E-state index is 13.5. The number of ketones is 1.